The monoisotopic (exact) mass is 2200 g/mol. The summed E-state index contributed by atoms with van der Waals surface area (Å²) in [4.78, 5) is 52.6. The second-order valence-electron chi connectivity index (χ2n) is 32.2. The number of aryl methyl sites for hydroxylation is 6. The predicted octanol–water partition coefficient (Wildman–Crippen LogP) is 28.4. The van der Waals surface area contributed by atoms with E-state index in [0.29, 0.717) is 61.8 Å². The largest absolute Gasteiger partial charge is 0.697 e. The molecule has 2 fully saturated rings. The molecule has 0 amide bonds. The Kier molecular flexibility index (Phi) is 68.5. The van der Waals surface area contributed by atoms with Gasteiger partial charge >= 0.3 is 11.4 Å². The lowest BCUT2D eigenvalue weighted by Crippen LogP contribution is -2.27. The van der Waals surface area contributed by atoms with Crippen LogP contribution in [0.4, 0.5) is 45.8 Å². The van der Waals surface area contributed by atoms with Gasteiger partial charge in [0.25, 0.3) is 5.69 Å². The van der Waals surface area contributed by atoms with Crippen LogP contribution in [0, 0.1) is 129 Å². The van der Waals surface area contributed by atoms with Crippen molar-refractivity contribution in [3.05, 3.63) is 273 Å². The van der Waals surface area contributed by atoms with Gasteiger partial charge in [0, 0.05) is 55.3 Å². The number of thioether (sulfide) groups is 1. The van der Waals surface area contributed by atoms with E-state index in [2.05, 4.69) is 169 Å². The number of anilines is 5. The van der Waals surface area contributed by atoms with E-state index in [1.165, 1.54) is 72.3 Å². The number of nitrogen functional groups attached to an aromatic ring is 1. The number of hydrogen-bond donors (Lipinski definition) is 4. The highest BCUT2D eigenvalue weighted by molar-refractivity contribution is 14.0. The van der Waals surface area contributed by atoms with Crippen molar-refractivity contribution in [3.63, 3.8) is 0 Å². The molecule has 5 N–H and O–H groups in total. The molecule has 2 aliphatic rings. The molecule has 7 aromatic carbocycles. The van der Waals surface area contributed by atoms with Gasteiger partial charge in [0.05, 0.1) is 91.1 Å². The number of ether oxygens (including phenoxy) is 4. The van der Waals surface area contributed by atoms with E-state index < -0.39 is 36.0 Å². The molecule has 0 bridgehead atoms. The van der Waals surface area contributed by atoms with Gasteiger partial charge in [0.1, 0.15) is 32.4 Å². The van der Waals surface area contributed by atoms with Gasteiger partial charge in [-0.05, 0) is 323 Å². The lowest BCUT2D eigenvalue weighted by atomic mass is 9.87. The number of nitro groups is 3. The maximum atomic E-state index is 12.4. The van der Waals surface area contributed by atoms with Crippen molar-refractivity contribution >= 4 is 158 Å². The molecule has 3 aromatic heterocycles. The van der Waals surface area contributed by atoms with Gasteiger partial charge in [-0.15, -0.1) is 60.9 Å². The summed E-state index contributed by atoms with van der Waals surface area (Å²) >= 11 is 24.0. The number of aromatic nitrogens is 5. The molecule has 10 aromatic rings. The minimum atomic E-state index is -3.40. The van der Waals surface area contributed by atoms with E-state index >= 15 is 0 Å². The van der Waals surface area contributed by atoms with Gasteiger partial charge in [0.2, 0.25) is 5.28 Å². The van der Waals surface area contributed by atoms with E-state index in [1.807, 2.05) is 131 Å². The minimum Gasteiger partial charge on any atom is -0.697 e. The van der Waals surface area contributed by atoms with Gasteiger partial charge < -0.3 is 65.8 Å². The van der Waals surface area contributed by atoms with Crippen molar-refractivity contribution in [2.45, 2.75) is 248 Å². The van der Waals surface area contributed by atoms with Crippen LogP contribution in [0.15, 0.2) is 174 Å². The zero-order valence-electron chi connectivity index (χ0n) is 83.1. The third-order valence-corrected chi connectivity index (χ3v) is 24.8. The highest BCUT2D eigenvalue weighted by atomic mass is 127. The van der Waals surface area contributed by atoms with Crippen LogP contribution < -0.4 is 40.6 Å². The topological polar surface area (TPSA) is 357 Å². The number of pyridine rings is 1. The summed E-state index contributed by atoms with van der Waals surface area (Å²) in [5.74, 6) is 9.28. The average molecular weight is 2210 g/mol. The van der Waals surface area contributed by atoms with E-state index in [0.717, 1.165) is 89.0 Å². The summed E-state index contributed by atoms with van der Waals surface area (Å²) < 4.78 is 64.5. The lowest BCUT2D eigenvalue weighted by Gasteiger charge is -2.30. The summed E-state index contributed by atoms with van der Waals surface area (Å²) in [6, 6.07) is 41.7. The summed E-state index contributed by atoms with van der Waals surface area (Å²) in [7, 11) is 0.782. The molecule has 2 unspecified atom stereocenters. The van der Waals surface area contributed by atoms with Gasteiger partial charge in [-0.25, -0.2) is 27.6 Å². The number of nitrogens with one attached hydrogen (secondary N) is 3. The number of hydrogen-bond acceptors (Lipinski definition) is 25. The van der Waals surface area contributed by atoms with E-state index in [4.69, 9.17) is 77.5 Å². The van der Waals surface area contributed by atoms with E-state index in [1.54, 1.807) is 106 Å². The van der Waals surface area contributed by atoms with Crippen molar-refractivity contribution in [1.82, 2.24) is 34.9 Å². The number of rotatable bonds is 24. The van der Waals surface area contributed by atoms with Gasteiger partial charge in [0.15, 0.2) is 44.1 Å². The van der Waals surface area contributed by atoms with Crippen LogP contribution in [0.5, 0.6) is 23.0 Å². The normalized spacial score (nSPS) is 11.9. The maximum Gasteiger partial charge on any atom is 0.311 e. The molecular weight excluding hydrogens is 2060 g/mol. The summed E-state index contributed by atoms with van der Waals surface area (Å²) in [6.45, 7) is 47.7. The first-order valence-corrected chi connectivity index (χ1v) is 49.4. The zero-order chi connectivity index (χ0) is 105. The van der Waals surface area contributed by atoms with Crippen LogP contribution >= 0.6 is 91.5 Å². The Labute approximate surface area is 886 Å². The Balaban J connectivity index is -0.000000764. The Bertz CT molecular complexity index is 5720. The lowest BCUT2D eigenvalue weighted by molar-refractivity contribution is -0.386. The molecule has 2 atom stereocenters. The Morgan fingerprint density at radius 2 is 1.04 bits per heavy atom. The number of halogens is 5. The number of para-hydroxylation sites is 3. The Hall–Kier alpha value is -10.6. The van der Waals surface area contributed by atoms with E-state index in [9.17, 15) is 43.0 Å². The first-order chi connectivity index (χ1) is 65.1. The summed E-state index contributed by atoms with van der Waals surface area (Å²) in [6.07, 6.45) is 37.2. The number of nitro benzene ring substituents is 3. The minimum absolute atomic E-state index is 0. The fraction of sp³-hybridized carbons (Fsp3) is 0.390. The molecule has 5 heterocycles. The van der Waals surface area contributed by atoms with Gasteiger partial charge in [-0.3, -0.25) is 44.2 Å². The van der Waals surface area contributed by atoms with Crippen LogP contribution in [0.3, 0.4) is 0 Å². The second kappa shape index (κ2) is 71.8. The molecule has 0 aliphatic carbocycles. The van der Waals surface area contributed by atoms with Crippen LogP contribution in [-0.4, -0.2) is 130 Å². The molecule has 36 heteroatoms. The molecule has 12 rings (SSSR count). The number of piperidine rings is 2. The first-order valence-electron chi connectivity index (χ1n) is 43.8. The number of sulfone groups is 1. The zero-order valence-corrected chi connectivity index (χ0v) is 92.0. The van der Waals surface area contributed by atoms with Crippen molar-refractivity contribution < 1.29 is 52.0 Å². The standard InChI is InChI=1S/C15H23N2O3P.C15H16N2O3.C15H24N2O.C14H16ClN3O2S.C13H13Cl2N3S.C11H16O.C6H4ClNO2.C4H10O2S.C3H4.C3H3.C2H2.C2H.2CH4.HI.H2/c1-10(2)20-15-9-13(11(3)8-14(15)17(18)19)12-4-6-16(21)7-5-12;1-10(2)20-15-9-13(12-4-6-16-7-5-12)11(3)8-14(15)17(18)19;1-10(2)18-15-9-13(11(3)8-14(15)16)12-4-6-17-7-5-12;1-9(2)21(19,20)13-7-5-4-6-12(13)18-14-11(15)8-16-10(3)17-14;1-8(2)19-11-6-4-3-5-10(11)17-12-9(14)7-16-13(15)18-12;1-8(2)12-11-6-5-9(3)10(4)7-11;7-5-3-1-2-4-6(5)8(9)10;1-4(2)7(5)6-3;2*1-3-2;2*1-2;;;;/h8-10,12H,4-7,21H2,1-3H3;4-10H,1-3H3;8-10,12,17H,4-7,16H2,1-3H3;4-9H,1-3H3,(H,16,17,18);3-8H,1-2H3,(H,16,17,18);5-8H,1-4H3;1-4H;4H,1-3H3;1H,2H3;1H,2H2;1-2H;1H;2*1H4;2*1H/q;;;;;;;;;-1;;-1;;;;. The highest BCUT2D eigenvalue weighted by Gasteiger charge is 2.28. The van der Waals surface area contributed by atoms with Crippen LogP contribution in [-0.2, 0) is 25.1 Å². The van der Waals surface area contributed by atoms with Crippen molar-refractivity contribution in [2.75, 3.05) is 49.7 Å². The molecule has 0 saturated carbocycles. The summed E-state index contributed by atoms with van der Waals surface area (Å²) in [5, 5.41) is 43.3. The van der Waals surface area contributed by atoms with E-state index in [-0.39, 0.29) is 107 Å². The highest BCUT2D eigenvalue weighted by Crippen LogP contribution is 2.42. The number of nitrogens with zero attached hydrogens (tertiary/aromatic N) is 9. The Morgan fingerprint density at radius 3 is 1.50 bits per heavy atom. The van der Waals surface area contributed by atoms with Crippen molar-refractivity contribution in [1.29, 1.82) is 0 Å². The van der Waals surface area contributed by atoms with Crippen LogP contribution in [0.2, 0.25) is 20.4 Å². The molecule has 2 saturated heterocycles. The average Bonchev–Trinajstić information content (AvgIpc) is 0.852. The first kappa shape index (κ1) is 135. The number of benzene rings is 7. The second-order valence-corrected chi connectivity index (χ2v) is 40.4. The molecule has 0 spiro atoms. The predicted molar refractivity (Wildman–Crippen MR) is 604 cm³/mol. The third-order valence-electron chi connectivity index (χ3n) is 18.9. The fourth-order valence-electron chi connectivity index (χ4n) is 12.6. The SMILES string of the molecule is C.C.C#C.C#CC.C#C[CH2-].CC(C)Sc1ccccc1Nc1nc(Cl)ncc1Cl.COS(=O)C(C)C.Cc1cc(N)c(OC(C)C)cc1C1CCNCC1.Cc1cc([N+](=O)[O-])c(OC(C)C)cc1-c1ccncc1.Cc1cc([N+](=O)[O-])c(OC(C)C)cc1C1CCN(P)CC1.Cc1ccc(OC(C)C)cc1C.Cc1ncc(Cl)c(Nc2ccccc2S(=O)(=O)C(C)C)n1.I.O=[N+]([O-])c1ccccc1Cl.[C-]#C.[HH]. The molecule has 141 heavy (non-hydrogen) atoms. The molecule has 2 aliphatic heterocycles. The van der Waals surface area contributed by atoms with Crippen molar-refractivity contribution in [3.8, 4) is 78.1 Å². The third kappa shape index (κ3) is 49.8. The quantitative estimate of drug-likeness (QED) is 0.00502. The van der Waals surface area contributed by atoms with Gasteiger partial charge in [-0.2, -0.15) is 11.9 Å². The smallest absolute Gasteiger partial charge is 0.311 e. The fourth-order valence-corrected chi connectivity index (χ4v) is 16.0. The number of terminal acetylenes is 4. The summed E-state index contributed by atoms with van der Waals surface area (Å²) in [5.41, 5.74) is 18.4. The molecular formula is C105H143Cl4IN13O14PS3-2. The molecule has 0 radical (unpaired) electrons. The number of nitrogens with two attached hydrogens (primary N) is 1. The van der Waals surface area contributed by atoms with Crippen LogP contribution in [0.25, 0.3) is 11.1 Å². The molecule has 27 nitrogen and oxygen atoms in total. The van der Waals surface area contributed by atoms with Crippen molar-refractivity contribution in [2.24, 2.45) is 0 Å². The van der Waals surface area contributed by atoms with Crippen LogP contribution in [0.1, 0.15) is 202 Å². The molecule has 772 valence electrons. The maximum absolute atomic E-state index is 12.4. The Morgan fingerprint density at radius 1 is 0.596 bits per heavy atom. The van der Waals surface area contributed by atoms with Gasteiger partial charge in [-0.1, -0.05) is 115 Å².